The van der Waals surface area contributed by atoms with Gasteiger partial charge in [-0.3, -0.25) is 0 Å². The lowest BCUT2D eigenvalue weighted by Crippen LogP contribution is -2.19. The molecule has 1 unspecified atom stereocenters. The molecule has 0 fully saturated rings. The highest BCUT2D eigenvalue weighted by Gasteiger charge is 2.06. The summed E-state index contributed by atoms with van der Waals surface area (Å²) in [6.07, 6.45) is 6.28. The van der Waals surface area contributed by atoms with E-state index in [2.05, 4.69) is 46.2 Å². The molecule has 1 atom stereocenters. The zero-order valence-electron chi connectivity index (χ0n) is 11.2. The Morgan fingerprint density at radius 1 is 1.21 bits per heavy atom. The topological polar surface area (TPSA) is 50.7 Å². The number of hydrogen-bond donors (Lipinski definition) is 1. The van der Waals surface area contributed by atoms with Crippen LogP contribution in [0.4, 0.5) is 0 Å². The van der Waals surface area contributed by atoms with Crippen LogP contribution in [0.2, 0.25) is 0 Å². The Balaban J connectivity index is 2.06. The van der Waals surface area contributed by atoms with Gasteiger partial charge in [-0.2, -0.15) is 0 Å². The van der Waals surface area contributed by atoms with E-state index in [0.717, 1.165) is 23.0 Å². The molecule has 19 heavy (non-hydrogen) atoms. The van der Waals surface area contributed by atoms with Crippen molar-refractivity contribution < 1.29 is 0 Å². The highest BCUT2D eigenvalue weighted by molar-refractivity contribution is 7.99. The summed E-state index contributed by atoms with van der Waals surface area (Å²) in [5.41, 5.74) is 1.25. The third-order valence-corrected chi connectivity index (χ3v) is 3.61. The largest absolute Gasteiger partial charge is 0.310 e. The fraction of sp³-hybridized carbons (Fsp3) is 0.357. The van der Waals surface area contributed by atoms with Gasteiger partial charge < -0.3 is 5.32 Å². The summed E-state index contributed by atoms with van der Waals surface area (Å²) in [5, 5.41) is 5.35. The summed E-state index contributed by atoms with van der Waals surface area (Å²) in [6.45, 7) is 5.37. The van der Waals surface area contributed by atoms with Gasteiger partial charge in [-0.1, -0.05) is 6.92 Å². The third-order valence-electron chi connectivity index (χ3n) is 2.72. The fourth-order valence-electron chi connectivity index (χ4n) is 1.67. The lowest BCUT2D eigenvalue weighted by atomic mass is 10.1. The Morgan fingerprint density at radius 3 is 2.84 bits per heavy atom. The van der Waals surface area contributed by atoms with Crippen LogP contribution in [0.25, 0.3) is 0 Å². The lowest BCUT2D eigenvalue weighted by molar-refractivity contribution is 0.569. The van der Waals surface area contributed by atoms with Crippen molar-refractivity contribution in [3.63, 3.8) is 0 Å². The minimum Gasteiger partial charge on any atom is -0.310 e. The molecule has 2 aromatic rings. The van der Waals surface area contributed by atoms with Crippen LogP contribution in [-0.2, 0) is 0 Å². The van der Waals surface area contributed by atoms with Crippen molar-refractivity contribution in [1.29, 1.82) is 0 Å². The van der Waals surface area contributed by atoms with Gasteiger partial charge in [-0.25, -0.2) is 15.0 Å². The van der Waals surface area contributed by atoms with Gasteiger partial charge in [0.1, 0.15) is 16.4 Å². The van der Waals surface area contributed by atoms with Crippen molar-refractivity contribution in [2.75, 3.05) is 6.54 Å². The first-order valence-corrected chi connectivity index (χ1v) is 7.24. The number of hydrogen-bond acceptors (Lipinski definition) is 5. The second-order valence-corrected chi connectivity index (χ2v) is 5.29. The smallest absolute Gasteiger partial charge is 0.116 e. The molecule has 0 radical (unpaired) electrons. The lowest BCUT2D eigenvalue weighted by Gasteiger charge is -2.14. The Hall–Kier alpha value is -1.46. The van der Waals surface area contributed by atoms with E-state index in [1.54, 1.807) is 24.3 Å². The van der Waals surface area contributed by atoms with Crippen LogP contribution in [0.5, 0.6) is 0 Å². The molecular weight excluding hydrogens is 256 g/mol. The molecular formula is C14H18N4S. The molecule has 4 nitrogen and oxygen atoms in total. The highest BCUT2D eigenvalue weighted by Crippen LogP contribution is 2.25. The van der Waals surface area contributed by atoms with Crippen LogP contribution >= 0.6 is 11.8 Å². The Labute approximate surface area is 118 Å². The molecule has 1 N–H and O–H groups in total. The second-order valence-electron chi connectivity index (χ2n) is 4.25. The van der Waals surface area contributed by atoms with Gasteiger partial charge in [0.25, 0.3) is 0 Å². The average molecular weight is 274 g/mol. The normalized spacial score (nSPS) is 12.3. The zero-order chi connectivity index (χ0) is 13.5. The van der Waals surface area contributed by atoms with Gasteiger partial charge in [0.05, 0.1) is 0 Å². The first kappa shape index (κ1) is 14.0. The van der Waals surface area contributed by atoms with Gasteiger partial charge in [0.2, 0.25) is 0 Å². The minimum atomic E-state index is 0.340. The van der Waals surface area contributed by atoms with E-state index in [0.29, 0.717) is 6.04 Å². The van der Waals surface area contributed by atoms with Crippen LogP contribution in [0.1, 0.15) is 31.9 Å². The minimum absolute atomic E-state index is 0.340. The van der Waals surface area contributed by atoms with Crippen molar-refractivity contribution in [2.24, 2.45) is 0 Å². The van der Waals surface area contributed by atoms with E-state index in [1.807, 2.05) is 12.3 Å². The first-order valence-electron chi connectivity index (χ1n) is 6.42. The van der Waals surface area contributed by atoms with Crippen LogP contribution in [-0.4, -0.2) is 21.5 Å². The van der Waals surface area contributed by atoms with E-state index in [-0.39, 0.29) is 0 Å². The molecule has 0 saturated heterocycles. The van der Waals surface area contributed by atoms with E-state index in [9.17, 15) is 0 Å². The summed E-state index contributed by atoms with van der Waals surface area (Å²) < 4.78 is 0. The SMILES string of the molecule is CCCNC(C)c1ccnc(Sc2ccncn2)c1. The Bertz CT molecular complexity index is 504. The maximum absolute atomic E-state index is 4.37. The van der Waals surface area contributed by atoms with Gasteiger partial charge in [0, 0.05) is 18.4 Å². The van der Waals surface area contributed by atoms with Crippen molar-refractivity contribution in [3.05, 3.63) is 42.5 Å². The molecule has 0 aliphatic heterocycles. The van der Waals surface area contributed by atoms with E-state index in [1.165, 1.54) is 5.56 Å². The Kier molecular flexibility index (Phi) is 5.30. The number of pyridine rings is 1. The monoisotopic (exact) mass is 274 g/mol. The highest BCUT2D eigenvalue weighted by atomic mass is 32.2. The molecule has 2 heterocycles. The quantitative estimate of drug-likeness (QED) is 0.820. The molecule has 0 amide bonds. The number of nitrogens with one attached hydrogen (secondary N) is 1. The molecule has 0 saturated carbocycles. The first-order chi connectivity index (χ1) is 9.29. The molecule has 2 aromatic heterocycles. The second kappa shape index (κ2) is 7.21. The van der Waals surface area contributed by atoms with Gasteiger partial charge in [-0.05, 0) is 55.4 Å². The average Bonchev–Trinajstić information content (AvgIpc) is 2.46. The standard InChI is InChI=1S/C14H18N4S/c1-3-6-16-11(2)12-4-8-17-14(9-12)19-13-5-7-15-10-18-13/h4-5,7-11,16H,3,6H2,1-2H3. The maximum Gasteiger partial charge on any atom is 0.116 e. The zero-order valence-corrected chi connectivity index (χ0v) is 12.0. The summed E-state index contributed by atoms with van der Waals surface area (Å²) in [7, 11) is 0. The molecule has 0 aromatic carbocycles. The van der Waals surface area contributed by atoms with Gasteiger partial charge in [0.15, 0.2) is 0 Å². The number of rotatable bonds is 6. The molecule has 2 rings (SSSR count). The summed E-state index contributed by atoms with van der Waals surface area (Å²) in [5.74, 6) is 0. The number of nitrogens with zero attached hydrogens (tertiary/aromatic N) is 3. The van der Waals surface area contributed by atoms with Gasteiger partial charge in [-0.15, -0.1) is 0 Å². The van der Waals surface area contributed by atoms with E-state index in [4.69, 9.17) is 0 Å². The Morgan fingerprint density at radius 2 is 2.11 bits per heavy atom. The molecule has 100 valence electrons. The van der Waals surface area contributed by atoms with Crippen molar-refractivity contribution in [2.45, 2.75) is 36.4 Å². The maximum atomic E-state index is 4.37. The molecule has 0 aliphatic carbocycles. The third kappa shape index (κ3) is 4.29. The van der Waals surface area contributed by atoms with Crippen LogP contribution in [0.15, 0.2) is 47.0 Å². The summed E-state index contributed by atoms with van der Waals surface area (Å²) >= 11 is 1.55. The predicted octanol–water partition coefficient (Wildman–Crippen LogP) is 3.08. The van der Waals surface area contributed by atoms with Crippen molar-refractivity contribution >= 4 is 11.8 Å². The van der Waals surface area contributed by atoms with E-state index >= 15 is 0 Å². The number of aromatic nitrogens is 3. The van der Waals surface area contributed by atoms with E-state index < -0.39 is 0 Å². The van der Waals surface area contributed by atoms with Crippen molar-refractivity contribution in [1.82, 2.24) is 20.3 Å². The van der Waals surface area contributed by atoms with Crippen LogP contribution in [0, 0.1) is 0 Å². The van der Waals surface area contributed by atoms with Crippen LogP contribution in [0.3, 0.4) is 0 Å². The molecule has 0 spiro atoms. The molecule has 5 heteroatoms. The fourth-order valence-corrected chi connectivity index (χ4v) is 2.43. The van der Waals surface area contributed by atoms with Crippen LogP contribution < -0.4 is 5.32 Å². The molecule has 0 bridgehead atoms. The summed E-state index contributed by atoms with van der Waals surface area (Å²) in [4.78, 5) is 12.5. The van der Waals surface area contributed by atoms with Crippen molar-refractivity contribution in [3.8, 4) is 0 Å². The summed E-state index contributed by atoms with van der Waals surface area (Å²) in [6, 6.07) is 6.39. The van der Waals surface area contributed by atoms with Gasteiger partial charge >= 0.3 is 0 Å². The molecule has 0 aliphatic rings. The predicted molar refractivity (Wildman–Crippen MR) is 77.1 cm³/mol.